The summed E-state index contributed by atoms with van der Waals surface area (Å²) >= 11 is 0. The van der Waals surface area contributed by atoms with Gasteiger partial charge in [-0.2, -0.15) is 5.10 Å². The van der Waals surface area contributed by atoms with Crippen molar-refractivity contribution in [1.82, 2.24) is 15.6 Å². The van der Waals surface area contributed by atoms with Crippen molar-refractivity contribution in [2.75, 3.05) is 5.73 Å². The maximum Gasteiger partial charge on any atom is 0.123 e. The fourth-order valence-corrected chi connectivity index (χ4v) is 3.84. The Balaban J connectivity index is 1.69. The summed E-state index contributed by atoms with van der Waals surface area (Å²) < 4.78 is 0. The highest BCUT2D eigenvalue weighted by Crippen LogP contribution is 2.50. The molecule has 2 aliphatic carbocycles. The molecule has 0 amide bonds. The molecule has 5 heteroatoms. The van der Waals surface area contributed by atoms with Gasteiger partial charge in [0, 0.05) is 5.56 Å². The molecule has 0 spiro atoms. The first-order valence-electron chi connectivity index (χ1n) is 6.52. The van der Waals surface area contributed by atoms with Gasteiger partial charge in [0.05, 0.1) is 12.2 Å². The lowest BCUT2D eigenvalue weighted by molar-refractivity contribution is 0.280. The topological polar surface area (TPSA) is 92.7 Å². The molecule has 2 bridgehead atoms. The molecule has 0 aliphatic heterocycles. The van der Waals surface area contributed by atoms with Gasteiger partial charge >= 0.3 is 0 Å². The van der Waals surface area contributed by atoms with Crippen molar-refractivity contribution in [3.05, 3.63) is 11.8 Å². The summed E-state index contributed by atoms with van der Waals surface area (Å²) in [5, 5.41) is 6.74. The number of fused-ring (bicyclic) bond motifs is 2. The summed E-state index contributed by atoms with van der Waals surface area (Å²) in [5.41, 5.74) is 9.75. The van der Waals surface area contributed by atoms with Gasteiger partial charge in [-0.1, -0.05) is 6.42 Å². The van der Waals surface area contributed by atoms with Crippen LogP contribution in [0.4, 0.5) is 5.82 Å². The van der Waals surface area contributed by atoms with Crippen LogP contribution in [0.5, 0.6) is 0 Å². The quantitative estimate of drug-likeness (QED) is 0.468. The van der Waals surface area contributed by atoms with Gasteiger partial charge in [-0.05, 0) is 43.4 Å². The van der Waals surface area contributed by atoms with E-state index in [2.05, 4.69) is 15.6 Å². The van der Waals surface area contributed by atoms with E-state index >= 15 is 0 Å². The number of nitrogen functional groups attached to an aromatic ring is 1. The van der Waals surface area contributed by atoms with E-state index in [1.165, 1.54) is 25.7 Å². The second kappa shape index (κ2) is 4.31. The van der Waals surface area contributed by atoms with Crippen LogP contribution in [-0.2, 0) is 0 Å². The van der Waals surface area contributed by atoms with E-state index in [9.17, 15) is 0 Å². The maximum absolute atomic E-state index is 5.85. The Morgan fingerprint density at radius 2 is 2.35 bits per heavy atom. The lowest BCUT2D eigenvalue weighted by Crippen LogP contribution is -2.31. The predicted octanol–water partition coefficient (Wildman–Crippen LogP) is 1.32. The molecule has 1 aromatic heterocycles. The molecule has 94 valence electrons. The van der Waals surface area contributed by atoms with E-state index in [1.807, 2.05) is 0 Å². The third-order valence-electron chi connectivity index (χ3n) is 4.70. The van der Waals surface area contributed by atoms with E-state index < -0.39 is 0 Å². The fourth-order valence-electron chi connectivity index (χ4n) is 3.84. The van der Waals surface area contributed by atoms with E-state index in [1.54, 1.807) is 6.20 Å². The zero-order chi connectivity index (χ0) is 11.8. The Kier molecular flexibility index (Phi) is 2.80. The summed E-state index contributed by atoms with van der Waals surface area (Å²) in [4.78, 5) is 0. The van der Waals surface area contributed by atoms with Crippen molar-refractivity contribution in [2.45, 2.75) is 38.1 Å². The molecular weight excluding hydrogens is 214 g/mol. The van der Waals surface area contributed by atoms with Crippen LogP contribution < -0.4 is 17.0 Å². The van der Waals surface area contributed by atoms with Gasteiger partial charge < -0.3 is 5.73 Å². The van der Waals surface area contributed by atoms with Crippen molar-refractivity contribution in [3.8, 4) is 0 Å². The Labute approximate surface area is 101 Å². The van der Waals surface area contributed by atoms with E-state index in [0.717, 1.165) is 29.7 Å². The molecule has 17 heavy (non-hydrogen) atoms. The molecule has 1 aromatic rings. The van der Waals surface area contributed by atoms with Gasteiger partial charge in [-0.15, -0.1) is 0 Å². The number of nitrogens with zero attached hydrogens (tertiary/aromatic N) is 1. The van der Waals surface area contributed by atoms with Crippen molar-refractivity contribution in [1.29, 1.82) is 0 Å². The van der Waals surface area contributed by atoms with Gasteiger partial charge in [0.2, 0.25) is 0 Å². The van der Waals surface area contributed by atoms with Crippen LogP contribution in [0.2, 0.25) is 0 Å². The number of nitrogens with two attached hydrogens (primary N) is 2. The summed E-state index contributed by atoms with van der Waals surface area (Å²) in [6.45, 7) is 0. The molecule has 3 rings (SSSR count). The number of rotatable bonds is 4. The zero-order valence-electron chi connectivity index (χ0n) is 10.0. The number of H-pyrrole nitrogens is 1. The molecule has 5 nitrogen and oxygen atoms in total. The average molecular weight is 235 g/mol. The van der Waals surface area contributed by atoms with Crippen molar-refractivity contribution < 1.29 is 0 Å². The third-order valence-corrected chi connectivity index (χ3v) is 4.70. The number of hydrogen-bond acceptors (Lipinski definition) is 4. The normalized spacial score (nSPS) is 33.1. The first-order valence-corrected chi connectivity index (χ1v) is 6.52. The lowest BCUT2D eigenvalue weighted by atomic mass is 9.83. The minimum absolute atomic E-state index is 0.137. The molecule has 6 N–H and O–H groups in total. The molecule has 4 atom stereocenters. The Morgan fingerprint density at radius 3 is 2.88 bits per heavy atom. The van der Waals surface area contributed by atoms with Gasteiger partial charge in [0.15, 0.2) is 0 Å². The molecular formula is C12H21N5. The highest BCUT2D eigenvalue weighted by molar-refractivity contribution is 5.39. The number of hydrazine groups is 1. The smallest absolute Gasteiger partial charge is 0.123 e. The van der Waals surface area contributed by atoms with Crippen LogP contribution in [0.15, 0.2) is 6.20 Å². The molecule has 4 unspecified atom stereocenters. The predicted molar refractivity (Wildman–Crippen MR) is 66.6 cm³/mol. The van der Waals surface area contributed by atoms with Crippen LogP contribution in [-0.4, -0.2) is 10.2 Å². The molecule has 2 saturated carbocycles. The van der Waals surface area contributed by atoms with Crippen LogP contribution in [0.3, 0.4) is 0 Å². The Bertz CT molecular complexity index is 388. The summed E-state index contributed by atoms with van der Waals surface area (Å²) in [7, 11) is 0. The Morgan fingerprint density at radius 1 is 1.47 bits per heavy atom. The number of anilines is 1. The largest absolute Gasteiger partial charge is 0.384 e. The second-order valence-electron chi connectivity index (χ2n) is 5.63. The second-order valence-corrected chi connectivity index (χ2v) is 5.63. The number of hydrogen-bond donors (Lipinski definition) is 4. The summed E-state index contributed by atoms with van der Waals surface area (Å²) in [5.74, 6) is 9.00. The first kappa shape index (κ1) is 11.0. The lowest BCUT2D eigenvalue weighted by Gasteiger charge is -2.26. The third kappa shape index (κ3) is 1.93. The van der Waals surface area contributed by atoms with Crippen LogP contribution in [0.1, 0.15) is 43.7 Å². The van der Waals surface area contributed by atoms with Crippen molar-refractivity contribution >= 4 is 5.82 Å². The molecule has 0 radical (unpaired) electrons. The molecule has 1 heterocycles. The van der Waals surface area contributed by atoms with Gasteiger partial charge in [0.25, 0.3) is 0 Å². The zero-order valence-corrected chi connectivity index (χ0v) is 10.0. The molecule has 0 aromatic carbocycles. The SMILES string of the molecule is NNC(CC1CC2CCC1C2)c1cn[nH]c1N. The van der Waals surface area contributed by atoms with Crippen LogP contribution >= 0.6 is 0 Å². The highest BCUT2D eigenvalue weighted by Gasteiger charge is 2.40. The van der Waals surface area contributed by atoms with Gasteiger partial charge in [-0.3, -0.25) is 16.4 Å². The number of aromatic nitrogens is 2. The highest BCUT2D eigenvalue weighted by atomic mass is 15.2. The maximum atomic E-state index is 5.85. The van der Waals surface area contributed by atoms with E-state index in [4.69, 9.17) is 11.6 Å². The summed E-state index contributed by atoms with van der Waals surface area (Å²) in [6, 6.07) is 0.137. The van der Waals surface area contributed by atoms with Gasteiger partial charge in [-0.25, -0.2) is 0 Å². The first-order chi connectivity index (χ1) is 8.28. The van der Waals surface area contributed by atoms with E-state index in [0.29, 0.717) is 5.82 Å². The van der Waals surface area contributed by atoms with Crippen LogP contribution in [0, 0.1) is 17.8 Å². The molecule has 2 fully saturated rings. The average Bonchev–Trinajstić information content (AvgIpc) is 3.02. The van der Waals surface area contributed by atoms with Crippen molar-refractivity contribution in [2.24, 2.45) is 23.6 Å². The molecule has 2 aliphatic rings. The summed E-state index contributed by atoms with van der Waals surface area (Å²) in [6.07, 6.45) is 8.53. The van der Waals surface area contributed by atoms with Gasteiger partial charge in [0.1, 0.15) is 5.82 Å². The van der Waals surface area contributed by atoms with Crippen molar-refractivity contribution in [3.63, 3.8) is 0 Å². The Hall–Kier alpha value is -1.07. The minimum Gasteiger partial charge on any atom is -0.384 e. The van der Waals surface area contributed by atoms with Crippen LogP contribution in [0.25, 0.3) is 0 Å². The number of nitrogens with one attached hydrogen (secondary N) is 2. The monoisotopic (exact) mass is 235 g/mol. The standard InChI is InChI=1S/C12H21N5/c13-12-10(6-15-17-12)11(16-14)5-9-4-7-1-2-8(9)3-7/h6-9,11,16H,1-5,14H2,(H3,13,15,17). The number of aromatic amines is 1. The minimum atomic E-state index is 0.137. The molecule has 0 saturated heterocycles. The fraction of sp³-hybridized carbons (Fsp3) is 0.750. The van der Waals surface area contributed by atoms with E-state index in [-0.39, 0.29) is 6.04 Å².